The minimum absolute atomic E-state index is 0.156. The molecule has 2 amide bonds. The highest BCUT2D eigenvalue weighted by atomic mass is 32.2. The van der Waals surface area contributed by atoms with Gasteiger partial charge in [-0.1, -0.05) is 30.3 Å². The molecule has 4 aromatic rings. The number of halogens is 1. The van der Waals surface area contributed by atoms with E-state index in [1.807, 2.05) is 36.4 Å². The van der Waals surface area contributed by atoms with Gasteiger partial charge in [-0.3, -0.25) is 0 Å². The first kappa shape index (κ1) is 24.0. The second kappa shape index (κ2) is 10.4. The van der Waals surface area contributed by atoms with E-state index in [0.29, 0.717) is 22.8 Å². The summed E-state index contributed by atoms with van der Waals surface area (Å²) in [5.41, 5.74) is 3.52. The predicted octanol–water partition coefficient (Wildman–Crippen LogP) is 4.57. The highest BCUT2D eigenvalue weighted by molar-refractivity contribution is 7.90. The van der Waals surface area contributed by atoms with E-state index in [9.17, 15) is 17.6 Å². The zero-order valence-corrected chi connectivity index (χ0v) is 19.6. The topological polar surface area (TPSA) is 102 Å². The summed E-state index contributed by atoms with van der Waals surface area (Å²) in [7, 11) is -3.32. The van der Waals surface area contributed by atoms with Gasteiger partial charge in [0.1, 0.15) is 5.75 Å². The Kier molecular flexibility index (Phi) is 7.11. The third-order valence-corrected chi connectivity index (χ3v) is 6.23. The number of urea groups is 1. The van der Waals surface area contributed by atoms with Gasteiger partial charge in [0.2, 0.25) is 6.86 Å². The molecule has 0 aliphatic carbocycles. The molecule has 4 rings (SSSR count). The SMILES string of the molecule is CS(=O)(=O)c1ccc(-n2nc(CNC(=O)Nc3ccc(OCF)cc3)cc2-c2ccccc2)cc1. The molecular formula is C25H23FN4O4S. The molecular weight excluding hydrogens is 471 g/mol. The number of sulfone groups is 1. The molecule has 0 fully saturated rings. The van der Waals surface area contributed by atoms with E-state index in [1.54, 1.807) is 41.1 Å². The van der Waals surface area contributed by atoms with E-state index < -0.39 is 22.7 Å². The van der Waals surface area contributed by atoms with Crippen molar-refractivity contribution in [2.24, 2.45) is 0 Å². The zero-order chi connectivity index (χ0) is 24.8. The Labute approximate surface area is 202 Å². The first-order valence-electron chi connectivity index (χ1n) is 10.6. The number of anilines is 1. The van der Waals surface area contributed by atoms with Crippen molar-refractivity contribution in [2.45, 2.75) is 11.4 Å². The van der Waals surface area contributed by atoms with Gasteiger partial charge in [-0.05, 0) is 54.6 Å². The minimum atomic E-state index is -3.32. The van der Waals surface area contributed by atoms with Crippen LogP contribution >= 0.6 is 0 Å². The molecule has 1 aromatic heterocycles. The Morgan fingerprint density at radius 3 is 2.31 bits per heavy atom. The fourth-order valence-corrected chi connectivity index (χ4v) is 4.04. The molecule has 35 heavy (non-hydrogen) atoms. The Morgan fingerprint density at radius 2 is 1.69 bits per heavy atom. The normalized spacial score (nSPS) is 11.1. The molecule has 3 aromatic carbocycles. The lowest BCUT2D eigenvalue weighted by atomic mass is 10.1. The van der Waals surface area contributed by atoms with Gasteiger partial charge in [-0.25, -0.2) is 22.3 Å². The maximum Gasteiger partial charge on any atom is 0.319 e. The third kappa shape index (κ3) is 6.04. The minimum Gasteiger partial charge on any atom is -0.463 e. The second-order valence-electron chi connectivity index (χ2n) is 7.65. The number of nitrogens with one attached hydrogen (secondary N) is 2. The van der Waals surface area contributed by atoms with Gasteiger partial charge in [0.25, 0.3) is 0 Å². The number of aromatic nitrogens is 2. The number of rotatable bonds is 8. The monoisotopic (exact) mass is 494 g/mol. The van der Waals surface area contributed by atoms with Crippen LogP contribution in [0, 0.1) is 0 Å². The summed E-state index contributed by atoms with van der Waals surface area (Å²) in [5, 5.41) is 10.1. The maximum atomic E-state index is 12.4. The Bertz CT molecular complexity index is 1400. The second-order valence-corrected chi connectivity index (χ2v) is 9.67. The third-order valence-electron chi connectivity index (χ3n) is 5.10. The molecule has 0 aliphatic rings. The Hall–Kier alpha value is -4.18. The van der Waals surface area contributed by atoms with Gasteiger partial charge >= 0.3 is 6.03 Å². The number of benzene rings is 3. The number of carbonyl (C=O) groups is 1. The number of alkyl halides is 1. The number of ether oxygens (including phenoxy) is 1. The van der Waals surface area contributed by atoms with E-state index >= 15 is 0 Å². The summed E-state index contributed by atoms with van der Waals surface area (Å²) >= 11 is 0. The zero-order valence-electron chi connectivity index (χ0n) is 18.8. The van der Waals surface area contributed by atoms with Crippen LogP contribution < -0.4 is 15.4 Å². The van der Waals surface area contributed by atoms with Crippen LogP contribution in [-0.4, -0.2) is 37.3 Å². The van der Waals surface area contributed by atoms with Crippen molar-refractivity contribution in [3.63, 3.8) is 0 Å². The molecule has 1 heterocycles. The van der Waals surface area contributed by atoms with Gasteiger partial charge in [-0.2, -0.15) is 5.10 Å². The van der Waals surface area contributed by atoms with Crippen LogP contribution in [0.25, 0.3) is 16.9 Å². The Balaban J connectivity index is 1.52. The first-order chi connectivity index (χ1) is 16.8. The van der Waals surface area contributed by atoms with Gasteiger partial charge in [-0.15, -0.1) is 0 Å². The van der Waals surface area contributed by atoms with Crippen molar-refractivity contribution in [1.29, 1.82) is 0 Å². The molecule has 0 unspecified atom stereocenters. The summed E-state index contributed by atoms with van der Waals surface area (Å²) in [6.07, 6.45) is 1.16. The van der Waals surface area contributed by atoms with Crippen LogP contribution in [-0.2, 0) is 16.4 Å². The van der Waals surface area contributed by atoms with E-state index in [-0.39, 0.29) is 11.4 Å². The molecule has 10 heteroatoms. The van der Waals surface area contributed by atoms with Crippen molar-refractivity contribution in [3.05, 3.63) is 90.6 Å². The van der Waals surface area contributed by atoms with Gasteiger partial charge in [0.15, 0.2) is 9.84 Å². The number of carbonyl (C=O) groups excluding carboxylic acids is 1. The molecule has 2 N–H and O–H groups in total. The number of nitrogens with zero attached hydrogens (tertiary/aromatic N) is 2. The standard InChI is InChI=1S/C25H23FN4O4S/c1-35(32,33)23-13-9-21(10-14-23)30-24(18-5-3-2-4-6-18)15-20(29-30)16-27-25(31)28-19-7-11-22(12-8-19)34-17-26/h2-15H,16-17H2,1H3,(H2,27,28,31). The fraction of sp³-hybridized carbons (Fsp3) is 0.120. The van der Waals surface area contributed by atoms with Crippen LogP contribution in [0.4, 0.5) is 14.9 Å². The van der Waals surface area contributed by atoms with Crippen LogP contribution in [0.5, 0.6) is 5.75 Å². The lowest BCUT2D eigenvalue weighted by Gasteiger charge is -2.08. The summed E-state index contributed by atoms with van der Waals surface area (Å²) < 4.78 is 42.3. The number of amides is 2. The largest absolute Gasteiger partial charge is 0.463 e. The molecule has 0 bridgehead atoms. The summed E-state index contributed by atoms with van der Waals surface area (Å²) in [6, 6.07) is 23.8. The number of hydrogen-bond donors (Lipinski definition) is 2. The quantitative estimate of drug-likeness (QED) is 0.374. The molecule has 0 saturated heterocycles. The van der Waals surface area contributed by atoms with Crippen molar-refractivity contribution < 1.29 is 22.3 Å². The van der Waals surface area contributed by atoms with Crippen molar-refractivity contribution in [2.75, 3.05) is 18.4 Å². The molecule has 8 nitrogen and oxygen atoms in total. The lowest BCUT2D eigenvalue weighted by molar-refractivity contribution is 0.192. The molecule has 0 spiro atoms. The van der Waals surface area contributed by atoms with Gasteiger partial charge in [0.05, 0.1) is 28.5 Å². The van der Waals surface area contributed by atoms with Crippen LogP contribution in [0.1, 0.15) is 5.69 Å². The predicted molar refractivity (Wildman–Crippen MR) is 131 cm³/mol. The molecule has 0 saturated carbocycles. The van der Waals surface area contributed by atoms with Crippen molar-refractivity contribution >= 4 is 21.6 Å². The van der Waals surface area contributed by atoms with Crippen molar-refractivity contribution in [1.82, 2.24) is 15.1 Å². The average molecular weight is 495 g/mol. The lowest BCUT2D eigenvalue weighted by Crippen LogP contribution is -2.28. The van der Waals surface area contributed by atoms with Crippen LogP contribution in [0.3, 0.4) is 0 Å². The van der Waals surface area contributed by atoms with Crippen molar-refractivity contribution in [3.8, 4) is 22.7 Å². The van der Waals surface area contributed by atoms with E-state index in [4.69, 9.17) is 4.74 Å². The maximum absolute atomic E-state index is 12.4. The summed E-state index contributed by atoms with van der Waals surface area (Å²) in [5.74, 6) is 0.363. The van der Waals surface area contributed by atoms with Crippen LogP contribution in [0.2, 0.25) is 0 Å². The Morgan fingerprint density at radius 1 is 1.00 bits per heavy atom. The van der Waals surface area contributed by atoms with Gasteiger partial charge < -0.3 is 15.4 Å². The number of hydrogen-bond acceptors (Lipinski definition) is 5. The van der Waals surface area contributed by atoms with E-state index in [0.717, 1.165) is 17.5 Å². The van der Waals surface area contributed by atoms with Gasteiger partial charge in [0, 0.05) is 17.5 Å². The smallest absolute Gasteiger partial charge is 0.319 e. The molecule has 0 aliphatic heterocycles. The highest BCUT2D eigenvalue weighted by Gasteiger charge is 2.14. The molecule has 180 valence electrons. The van der Waals surface area contributed by atoms with Crippen LogP contribution in [0.15, 0.2) is 89.8 Å². The first-order valence-corrected chi connectivity index (χ1v) is 12.5. The average Bonchev–Trinajstić information content (AvgIpc) is 3.29. The summed E-state index contributed by atoms with van der Waals surface area (Å²) in [4.78, 5) is 12.6. The van der Waals surface area contributed by atoms with E-state index in [2.05, 4.69) is 15.7 Å². The molecule has 0 radical (unpaired) electrons. The highest BCUT2D eigenvalue weighted by Crippen LogP contribution is 2.25. The van der Waals surface area contributed by atoms with E-state index in [1.165, 1.54) is 12.1 Å². The fourth-order valence-electron chi connectivity index (χ4n) is 3.41. The summed E-state index contributed by atoms with van der Waals surface area (Å²) in [6.45, 7) is -0.768. The molecule has 0 atom stereocenters.